The molecule has 2 aromatic heterocycles. The number of hydrogen-bond donors (Lipinski definition) is 1. The van der Waals surface area contributed by atoms with Crippen LogP contribution in [0, 0.1) is 5.82 Å². The number of halogens is 3. The van der Waals surface area contributed by atoms with E-state index in [0.717, 1.165) is 5.39 Å². The number of methoxy groups -OCH3 is 2. The topological polar surface area (TPSA) is 117 Å². The Balaban J connectivity index is 1.35. The normalized spacial score (nSPS) is 11.3. The van der Waals surface area contributed by atoms with Crippen molar-refractivity contribution in [3.8, 4) is 28.8 Å². The van der Waals surface area contributed by atoms with Gasteiger partial charge in [0.15, 0.2) is 23.9 Å². The van der Waals surface area contributed by atoms with Crippen molar-refractivity contribution >= 4 is 71.5 Å². The Morgan fingerprint density at radius 3 is 2.50 bits per heavy atom. The number of benzene rings is 4. The fourth-order valence-corrected chi connectivity index (χ4v) is 5.62. The standard InChI is InChI=1S/C33H23Br2FN4O6/c1-43-24-8-5-9-25-22(24)15-27(46-25)32-39-23-7-4-3-6-21(23)33(42)40(32)37-16-18-14-26(44-2)31(30(35)29(18)34)45-17-28(41)38-20-12-10-19(36)11-13-20/h3-16H,17H2,1-2H3,(H,38,41). The van der Waals surface area contributed by atoms with Crippen LogP contribution < -0.4 is 25.1 Å². The first-order valence-electron chi connectivity index (χ1n) is 13.6. The summed E-state index contributed by atoms with van der Waals surface area (Å²) in [5.74, 6) is 0.794. The number of hydrogen-bond acceptors (Lipinski definition) is 8. The van der Waals surface area contributed by atoms with E-state index >= 15 is 0 Å². The summed E-state index contributed by atoms with van der Waals surface area (Å²) >= 11 is 7.06. The molecule has 0 fully saturated rings. The molecule has 0 radical (unpaired) electrons. The fourth-order valence-electron chi connectivity index (χ4n) is 4.69. The van der Waals surface area contributed by atoms with E-state index in [-0.39, 0.29) is 18.2 Å². The number of amides is 1. The Morgan fingerprint density at radius 1 is 0.978 bits per heavy atom. The second-order valence-electron chi connectivity index (χ2n) is 9.77. The molecule has 0 unspecified atom stereocenters. The first kappa shape index (κ1) is 31.0. The molecule has 0 aliphatic rings. The van der Waals surface area contributed by atoms with Crippen LogP contribution in [0.25, 0.3) is 33.5 Å². The van der Waals surface area contributed by atoms with Gasteiger partial charge in [0, 0.05) is 15.7 Å². The van der Waals surface area contributed by atoms with E-state index in [2.05, 4.69) is 42.3 Å². The second-order valence-corrected chi connectivity index (χ2v) is 11.4. The van der Waals surface area contributed by atoms with Gasteiger partial charge >= 0.3 is 0 Å². The van der Waals surface area contributed by atoms with Crippen LogP contribution in [0.1, 0.15) is 5.56 Å². The molecule has 0 atom stereocenters. The molecule has 10 nitrogen and oxygen atoms in total. The summed E-state index contributed by atoms with van der Waals surface area (Å²) in [5.41, 5.74) is 1.58. The number of ether oxygens (including phenoxy) is 3. The zero-order valence-corrected chi connectivity index (χ0v) is 27.4. The van der Waals surface area contributed by atoms with Crippen molar-refractivity contribution < 1.29 is 27.8 Å². The van der Waals surface area contributed by atoms with Gasteiger partial charge in [0.25, 0.3) is 11.5 Å². The zero-order chi connectivity index (χ0) is 32.4. The molecule has 0 bridgehead atoms. The molecule has 4 aromatic carbocycles. The van der Waals surface area contributed by atoms with Crippen LogP contribution in [0.5, 0.6) is 17.2 Å². The summed E-state index contributed by atoms with van der Waals surface area (Å²) in [7, 11) is 3.02. The number of nitrogens with one attached hydrogen (secondary N) is 1. The third-order valence-corrected chi connectivity index (χ3v) is 9.02. The number of carbonyl (C=O) groups excluding carboxylic acids is 1. The number of carbonyl (C=O) groups is 1. The maximum Gasteiger partial charge on any atom is 0.282 e. The van der Waals surface area contributed by atoms with Gasteiger partial charge < -0.3 is 23.9 Å². The molecule has 0 aliphatic heterocycles. The van der Waals surface area contributed by atoms with Gasteiger partial charge in [0.1, 0.15) is 17.1 Å². The molecule has 1 N–H and O–H groups in total. The van der Waals surface area contributed by atoms with Crippen LogP contribution in [0.2, 0.25) is 0 Å². The lowest BCUT2D eigenvalue weighted by Crippen LogP contribution is -2.20. The fraction of sp³-hybridized carbons (Fsp3) is 0.0909. The van der Waals surface area contributed by atoms with Crippen molar-refractivity contribution in [2.24, 2.45) is 5.10 Å². The Kier molecular flexibility index (Phi) is 8.86. The molecule has 2 heterocycles. The van der Waals surface area contributed by atoms with E-state index in [9.17, 15) is 14.0 Å². The van der Waals surface area contributed by atoms with E-state index in [0.29, 0.717) is 53.9 Å². The van der Waals surface area contributed by atoms with Crippen molar-refractivity contribution in [3.05, 3.63) is 110 Å². The lowest BCUT2D eigenvalue weighted by atomic mass is 10.2. The minimum absolute atomic E-state index is 0.187. The van der Waals surface area contributed by atoms with Crippen LogP contribution in [0.4, 0.5) is 10.1 Å². The molecule has 0 saturated heterocycles. The number of para-hydroxylation sites is 1. The number of nitrogens with zero attached hydrogens (tertiary/aromatic N) is 3. The molecule has 0 saturated carbocycles. The van der Waals surface area contributed by atoms with Crippen molar-refractivity contribution in [2.45, 2.75) is 0 Å². The summed E-state index contributed by atoms with van der Waals surface area (Å²) in [5, 5.41) is 8.27. The summed E-state index contributed by atoms with van der Waals surface area (Å²) in [6.45, 7) is -0.351. The van der Waals surface area contributed by atoms with Gasteiger partial charge in [0.05, 0.1) is 41.2 Å². The van der Waals surface area contributed by atoms with Gasteiger partial charge in [0.2, 0.25) is 5.82 Å². The van der Waals surface area contributed by atoms with Gasteiger partial charge in [-0.1, -0.05) is 18.2 Å². The quantitative estimate of drug-likeness (QED) is 0.153. The molecule has 6 rings (SSSR count). The van der Waals surface area contributed by atoms with Crippen molar-refractivity contribution in [1.82, 2.24) is 9.66 Å². The molecule has 6 aromatic rings. The number of anilines is 1. The summed E-state index contributed by atoms with van der Waals surface area (Å²) in [6, 6.07) is 21.2. The van der Waals surface area contributed by atoms with Crippen LogP contribution >= 0.6 is 31.9 Å². The molecule has 46 heavy (non-hydrogen) atoms. The van der Waals surface area contributed by atoms with Crippen LogP contribution in [0.15, 0.2) is 102 Å². The lowest BCUT2D eigenvalue weighted by molar-refractivity contribution is -0.118. The van der Waals surface area contributed by atoms with E-state index < -0.39 is 17.3 Å². The Hall–Kier alpha value is -5.01. The van der Waals surface area contributed by atoms with Gasteiger partial charge in [-0.2, -0.15) is 9.78 Å². The predicted molar refractivity (Wildman–Crippen MR) is 180 cm³/mol. The molecule has 232 valence electrons. The lowest BCUT2D eigenvalue weighted by Gasteiger charge is -2.15. The van der Waals surface area contributed by atoms with Crippen LogP contribution in [-0.2, 0) is 4.79 Å². The van der Waals surface area contributed by atoms with E-state index in [1.54, 1.807) is 49.6 Å². The largest absolute Gasteiger partial charge is 0.496 e. The van der Waals surface area contributed by atoms with Crippen molar-refractivity contribution in [1.29, 1.82) is 0 Å². The van der Waals surface area contributed by atoms with Crippen LogP contribution in [-0.4, -0.2) is 42.6 Å². The highest BCUT2D eigenvalue weighted by Gasteiger charge is 2.20. The average Bonchev–Trinajstić information content (AvgIpc) is 3.51. The molecule has 13 heteroatoms. The average molecular weight is 750 g/mol. The molecule has 0 spiro atoms. The van der Waals surface area contributed by atoms with Crippen LogP contribution in [0.3, 0.4) is 0 Å². The first-order chi connectivity index (χ1) is 22.3. The van der Waals surface area contributed by atoms with E-state index in [1.807, 2.05) is 12.1 Å². The van der Waals surface area contributed by atoms with Gasteiger partial charge in [-0.3, -0.25) is 9.59 Å². The molecular formula is C33H23Br2FN4O6. The number of furan rings is 1. The highest BCUT2D eigenvalue weighted by Crippen LogP contribution is 2.42. The molecule has 0 aliphatic carbocycles. The van der Waals surface area contributed by atoms with Gasteiger partial charge in [-0.15, -0.1) is 0 Å². The zero-order valence-electron chi connectivity index (χ0n) is 24.2. The smallest absolute Gasteiger partial charge is 0.282 e. The predicted octanol–water partition coefficient (Wildman–Crippen LogP) is 7.39. The second kappa shape index (κ2) is 13.2. The highest BCUT2D eigenvalue weighted by atomic mass is 79.9. The summed E-state index contributed by atoms with van der Waals surface area (Å²) in [6.07, 6.45) is 1.47. The van der Waals surface area contributed by atoms with Gasteiger partial charge in [-0.05, 0) is 92.5 Å². The van der Waals surface area contributed by atoms with E-state index in [1.165, 1.54) is 42.3 Å². The highest BCUT2D eigenvalue weighted by molar-refractivity contribution is 9.13. The molecule has 1 amide bonds. The van der Waals surface area contributed by atoms with Gasteiger partial charge in [-0.25, -0.2) is 9.37 Å². The first-order valence-corrected chi connectivity index (χ1v) is 15.2. The maximum atomic E-state index is 13.7. The van der Waals surface area contributed by atoms with E-state index in [4.69, 9.17) is 23.6 Å². The molecular weight excluding hydrogens is 727 g/mol. The maximum absolute atomic E-state index is 13.7. The third kappa shape index (κ3) is 6.11. The summed E-state index contributed by atoms with van der Waals surface area (Å²) in [4.78, 5) is 30.9. The Labute approximate surface area is 277 Å². The van der Waals surface area contributed by atoms with Crippen molar-refractivity contribution in [2.75, 3.05) is 26.1 Å². The monoisotopic (exact) mass is 748 g/mol. The number of aromatic nitrogens is 2. The summed E-state index contributed by atoms with van der Waals surface area (Å²) < 4.78 is 38.2. The minimum atomic E-state index is -0.457. The Morgan fingerprint density at radius 2 is 1.74 bits per heavy atom. The number of fused-ring (bicyclic) bond motifs is 2. The number of rotatable bonds is 9. The SMILES string of the molecule is COc1cc(C=Nn2c(-c3cc4c(OC)cccc4o3)nc3ccccc3c2=O)c(Br)c(Br)c1OCC(=O)Nc1ccc(F)cc1. The van der Waals surface area contributed by atoms with Crippen molar-refractivity contribution in [3.63, 3.8) is 0 Å². The minimum Gasteiger partial charge on any atom is -0.496 e. The third-order valence-electron chi connectivity index (χ3n) is 6.88. The Bertz CT molecular complexity index is 2200.